The molecule has 2 unspecified atom stereocenters. The third-order valence-electron chi connectivity index (χ3n) is 4.13. The minimum atomic E-state index is -0.769. The van der Waals surface area contributed by atoms with E-state index in [1.165, 1.54) is 0 Å². The van der Waals surface area contributed by atoms with Crippen LogP contribution in [0.5, 0.6) is 0 Å². The van der Waals surface area contributed by atoms with Crippen LogP contribution in [0.15, 0.2) is 60.7 Å². The van der Waals surface area contributed by atoms with Gasteiger partial charge in [0.15, 0.2) is 6.10 Å². The summed E-state index contributed by atoms with van der Waals surface area (Å²) in [7, 11) is 0. The van der Waals surface area contributed by atoms with Crippen molar-refractivity contribution >= 4 is 11.9 Å². The average molecular weight is 339 g/mol. The third-order valence-corrected chi connectivity index (χ3v) is 4.13. The maximum atomic E-state index is 12.5. The van der Waals surface area contributed by atoms with Crippen molar-refractivity contribution in [3.05, 3.63) is 71.8 Å². The van der Waals surface area contributed by atoms with E-state index in [0.717, 1.165) is 11.1 Å². The number of carbonyl (C=O) groups is 2. The number of esters is 1. The van der Waals surface area contributed by atoms with E-state index < -0.39 is 6.10 Å². The van der Waals surface area contributed by atoms with E-state index in [4.69, 9.17) is 4.74 Å². The second-order valence-electron chi connectivity index (χ2n) is 5.91. The first-order valence-corrected chi connectivity index (χ1v) is 8.72. The molecule has 4 nitrogen and oxygen atoms in total. The molecule has 25 heavy (non-hydrogen) atoms. The molecule has 0 heterocycles. The molecule has 2 aromatic carbocycles. The van der Waals surface area contributed by atoms with E-state index in [0.29, 0.717) is 19.4 Å². The summed E-state index contributed by atoms with van der Waals surface area (Å²) in [6.45, 7) is 4.20. The molecule has 0 spiro atoms. The Morgan fingerprint density at radius 2 is 1.52 bits per heavy atom. The van der Waals surface area contributed by atoms with Crippen molar-refractivity contribution in [1.29, 1.82) is 0 Å². The SMILES string of the molecule is CCC(OC(=O)C(CC)c1ccccc1)C(=O)NCc1ccccc1. The molecule has 4 heteroatoms. The average Bonchev–Trinajstić information content (AvgIpc) is 2.66. The molecule has 0 aliphatic rings. The molecule has 0 aromatic heterocycles. The van der Waals surface area contributed by atoms with Crippen LogP contribution in [0.4, 0.5) is 0 Å². The number of ether oxygens (including phenoxy) is 1. The Morgan fingerprint density at radius 1 is 0.920 bits per heavy atom. The van der Waals surface area contributed by atoms with Gasteiger partial charge >= 0.3 is 5.97 Å². The van der Waals surface area contributed by atoms with E-state index in [-0.39, 0.29) is 17.8 Å². The number of hydrogen-bond donors (Lipinski definition) is 1. The lowest BCUT2D eigenvalue weighted by atomic mass is 9.97. The highest BCUT2D eigenvalue weighted by atomic mass is 16.5. The van der Waals surface area contributed by atoms with Crippen LogP contribution in [-0.4, -0.2) is 18.0 Å². The van der Waals surface area contributed by atoms with Gasteiger partial charge in [0.25, 0.3) is 5.91 Å². The van der Waals surface area contributed by atoms with E-state index in [1.54, 1.807) is 0 Å². The summed E-state index contributed by atoms with van der Waals surface area (Å²) in [4.78, 5) is 24.9. The van der Waals surface area contributed by atoms with Crippen molar-refractivity contribution in [2.75, 3.05) is 0 Å². The monoisotopic (exact) mass is 339 g/mol. The summed E-state index contributed by atoms with van der Waals surface area (Å²) in [5, 5.41) is 2.84. The Kier molecular flexibility index (Phi) is 7.20. The number of amides is 1. The highest BCUT2D eigenvalue weighted by molar-refractivity contribution is 5.85. The number of nitrogens with one attached hydrogen (secondary N) is 1. The number of benzene rings is 2. The van der Waals surface area contributed by atoms with Gasteiger partial charge in [0.2, 0.25) is 0 Å². The van der Waals surface area contributed by atoms with Crippen LogP contribution >= 0.6 is 0 Å². The van der Waals surface area contributed by atoms with Gasteiger partial charge in [-0.3, -0.25) is 9.59 Å². The van der Waals surface area contributed by atoms with Crippen LogP contribution in [0.1, 0.15) is 43.7 Å². The fourth-order valence-corrected chi connectivity index (χ4v) is 2.67. The molecule has 1 amide bonds. The Morgan fingerprint density at radius 3 is 2.08 bits per heavy atom. The Balaban J connectivity index is 1.95. The first-order chi connectivity index (χ1) is 12.2. The molecule has 0 aliphatic carbocycles. The summed E-state index contributed by atoms with van der Waals surface area (Å²) in [5.41, 5.74) is 1.92. The molecule has 132 valence electrons. The van der Waals surface area contributed by atoms with Gasteiger partial charge in [-0.05, 0) is 24.0 Å². The summed E-state index contributed by atoms with van der Waals surface area (Å²) in [5.74, 6) is -0.963. The Bertz CT molecular complexity index is 670. The van der Waals surface area contributed by atoms with Crippen molar-refractivity contribution in [3.63, 3.8) is 0 Å². The fourth-order valence-electron chi connectivity index (χ4n) is 2.67. The van der Waals surface area contributed by atoms with Crippen molar-refractivity contribution in [2.45, 2.75) is 45.3 Å². The van der Waals surface area contributed by atoms with Gasteiger partial charge in [-0.15, -0.1) is 0 Å². The lowest BCUT2D eigenvalue weighted by molar-refractivity contribution is -0.157. The molecular weight excluding hydrogens is 314 g/mol. The molecule has 2 rings (SSSR count). The lowest BCUT2D eigenvalue weighted by Crippen LogP contribution is -2.38. The molecule has 0 radical (unpaired) electrons. The Labute approximate surface area is 149 Å². The number of rotatable bonds is 8. The van der Waals surface area contributed by atoms with Crippen LogP contribution in [-0.2, 0) is 20.9 Å². The highest BCUT2D eigenvalue weighted by Gasteiger charge is 2.26. The van der Waals surface area contributed by atoms with Crippen LogP contribution < -0.4 is 5.32 Å². The van der Waals surface area contributed by atoms with Crippen molar-refractivity contribution < 1.29 is 14.3 Å². The van der Waals surface area contributed by atoms with Crippen LogP contribution in [0, 0.1) is 0 Å². The molecule has 0 bridgehead atoms. The quantitative estimate of drug-likeness (QED) is 0.744. The van der Waals surface area contributed by atoms with Gasteiger partial charge in [0.05, 0.1) is 5.92 Å². The van der Waals surface area contributed by atoms with Gasteiger partial charge in [-0.1, -0.05) is 74.5 Å². The fraction of sp³-hybridized carbons (Fsp3) is 0.333. The Hall–Kier alpha value is -2.62. The smallest absolute Gasteiger partial charge is 0.314 e. The van der Waals surface area contributed by atoms with Crippen LogP contribution in [0.3, 0.4) is 0 Å². The van der Waals surface area contributed by atoms with E-state index in [9.17, 15) is 9.59 Å². The summed E-state index contributed by atoms with van der Waals surface area (Å²) in [6, 6.07) is 19.2. The first-order valence-electron chi connectivity index (χ1n) is 8.72. The summed E-state index contributed by atoms with van der Waals surface area (Å²) >= 11 is 0. The van der Waals surface area contributed by atoms with Gasteiger partial charge in [0, 0.05) is 6.54 Å². The van der Waals surface area contributed by atoms with Crippen molar-refractivity contribution in [2.24, 2.45) is 0 Å². The highest BCUT2D eigenvalue weighted by Crippen LogP contribution is 2.22. The minimum Gasteiger partial charge on any atom is -0.452 e. The summed E-state index contributed by atoms with van der Waals surface area (Å²) < 4.78 is 5.51. The second-order valence-corrected chi connectivity index (χ2v) is 5.91. The first kappa shape index (κ1) is 18.7. The second kappa shape index (κ2) is 9.62. The predicted octanol–water partition coefficient (Wildman–Crippen LogP) is 3.82. The van der Waals surface area contributed by atoms with E-state index >= 15 is 0 Å². The van der Waals surface area contributed by atoms with Crippen molar-refractivity contribution in [1.82, 2.24) is 5.32 Å². The van der Waals surface area contributed by atoms with Crippen LogP contribution in [0.25, 0.3) is 0 Å². The maximum absolute atomic E-state index is 12.5. The number of carbonyl (C=O) groups excluding carboxylic acids is 2. The molecule has 0 fully saturated rings. The van der Waals surface area contributed by atoms with Crippen molar-refractivity contribution in [3.8, 4) is 0 Å². The molecular formula is C21H25NO3. The van der Waals surface area contributed by atoms with Crippen LogP contribution in [0.2, 0.25) is 0 Å². The molecule has 2 aromatic rings. The normalized spacial score (nSPS) is 12.9. The standard InChI is InChI=1S/C21H25NO3/c1-3-18(17-13-9-6-10-14-17)21(24)25-19(4-2)20(23)22-15-16-11-7-5-8-12-16/h5-14,18-19H,3-4,15H2,1-2H3,(H,22,23). The molecule has 0 aliphatic heterocycles. The third kappa shape index (κ3) is 5.45. The van der Waals surface area contributed by atoms with E-state index in [2.05, 4.69) is 5.32 Å². The van der Waals surface area contributed by atoms with Gasteiger partial charge in [-0.2, -0.15) is 0 Å². The molecule has 0 saturated heterocycles. The zero-order chi connectivity index (χ0) is 18.1. The van der Waals surface area contributed by atoms with Gasteiger partial charge in [0.1, 0.15) is 0 Å². The predicted molar refractivity (Wildman–Crippen MR) is 97.9 cm³/mol. The largest absolute Gasteiger partial charge is 0.452 e. The molecule has 1 N–H and O–H groups in total. The maximum Gasteiger partial charge on any atom is 0.314 e. The van der Waals surface area contributed by atoms with Gasteiger partial charge < -0.3 is 10.1 Å². The zero-order valence-corrected chi connectivity index (χ0v) is 14.8. The zero-order valence-electron chi connectivity index (χ0n) is 14.8. The topological polar surface area (TPSA) is 55.4 Å². The number of hydrogen-bond acceptors (Lipinski definition) is 3. The summed E-state index contributed by atoms with van der Waals surface area (Å²) in [6.07, 6.45) is 0.302. The van der Waals surface area contributed by atoms with E-state index in [1.807, 2.05) is 74.5 Å². The lowest BCUT2D eigenvalue weighted by Gasteiger charge is -2.20. The molecule has 0 saturated carbocycles. The molecule has 2 atom stereocenters. The minimum absolute atomic E-state index is 0.261. The van der Waals surface area contributed by atoms with Gasteiger partial charge in [-0.25, -0.2) is 0 Å².